The molecular weight excluding hydrogens is 187 g/mol. The summed E-state index contributed by atoms with van der Waals surface area (Å²) in [6, 6.07) is 4.80. The lowest BCUT2D eigenvalue weighted by molar-refractivity contribution is 0.195. The van der Waals surface area contributed by atoms with Crippen molar-refractivity contribution in [1.29, 1.82) is 0 Å². The Hall–Kier alpha value is -0.540. The second kappa shape index (κ2) is 4.63. The van der Waals surface area contributed by atoms with Gasteiger partial charge in [0.25, 0.3) is 0 Å². The number of halogens is 1. The number of hydrogen-bond acceptors (Lipinski definition) is 2. The molecule has 0 amide bonds. The van der Waals surface area contributed by atoms with Crippen LogP contribution in [0, 0.1) is 5.82 Å². The second-order valence-electron chi connectivity index (χ2n) is 2.77. The van der Waals surface area contributed by atoms with Crippen LogP contribution >= 0.6 is 11.8 Å². The van der Waals surface area contributed by atoms with Crippen molar-refractivity contribution in [3.05, 3.63) is 29.6 Å². The molecule has 0 aliphatic rings. The third-order valence-corrected chi connectivity index (χ3v) is 2.74. The number of benzene rings is 1. The van der Waals surface area contributed by atoms with Crippen molar-refractivity contribution in [1.82, 2.24) is 0 Å². The molecular formula is C10H13FOS. The van der Waals surface area contributed by atoms with E-state index in [1.807, 2.05) is 6.92 Å². The molecule has 0 aliphatic carbocycles. The van der Waals surface area contributed by atoms with Gasteiger partial charge >= 0.3 is 0 Å². The van der Waals surface area contributed by atoms with Gasteiger partial charge in [0, 0.05) is 4.90 Å². The van der Waals surface area contributed by atoms with E-state index in [1.54, 1.807) is 19.1 Å². The topological polar surface area (TPSA) is 20.2 Å². The first-order chi connectivity index (χ1) is 6.16. The van der Waals surface area contributed by atoms with E-state index in [0.717, 1.165) is 5.75 Å². The molecule has 0 aromatic heterocycles. The maximum atomic E-state index is 13.3. The maximum absolute atomic E-state index is 13.3. The first-order valence-electron chi connectivity index (χ1n) is 4.26. The highest BCUT2D eigenvalue weighted by molar-refractivity contribution is 7.99. The van der Waals surface area contributed by atoms with Crippen LogP contribution in [0.3, 0.4) is 0 Å². The van der Waals surface area contributed by atoms with Crippen molar-refractivity contribution in [3.8, 4) is 0 Å². The number of aliphatic hydroxyl groups excluding tert-OH is 1. The highest BCUT2D eigenvalue weighted by atomic mass is 32.2. The normalized spacial score (nSPS) is 12.9. The van der Waals surface area contributed by atoms with Crippen molar-refractivity contribution >= 4 is 11.8 Å². The summed E-state index contributed by atoms with van der Waals surface area (Å²) in [6.45, 7) is 3.61. The minimum Gasteiger partial charge on any atom is -0.389 e. The molecule has 0 bridgehead atoms. The van der Waals surface area contributed by atoms with Crippen LogP contribution in [0.4, 0.5) is 4.39 Å². The lowest BCUT2D eigenvalue weighted by Crippen LogP contribution is -1.96. The van der Waals surface area contributed by atoms with E-state index in [4.69, 9.17) is 0 Å². The van der Waals surface area contributed by atoms with E-state index >= 15 is 0 Å². The third-order valence-electron chi connectivity index (χ3n) is 1.74. The Kier molecular flexibility index (Phi) is 3.75. The summed E-state index contributed by atoms with van der Waals surface area (Å²) in [4.78, 5) is 0.569. The van der Waals surface area contributed by atoms with E-state index in [2.05, 4.69) is 0 Å². The van der Waals surface area contributed by atoms with Crippen LogP contribution in [-0.4, -0.2) is 10.9 Å². The molecule has 1 nitrogen and oxygen atoms in total. The van der Waals surface area contributed by atoms with E-state index in [1.165, 1.54) is 17.8 Å². The molecule has 0 heterocycles. The molecule has 3 heteroatoms. The zero-order valence-corrected chi connectivity index (χ0v) is 8.57. The summed E-state index contributed by atoms with van der Waals surface area (Å²) < 4.78 is 13.3. The Morgan fingerprint density at radius 1 is 1.54 bits per heavy atom. The SMILES string of the molecule is CCSc1c(F)cccc1[C@H](C)O. The summed E-state index contributed by atoms with van der Waals surface area (Å²) in [5.41, 5.74) is 0.673. The number of hydrogen-bond donors (Lipinski definition) is 1. The zero-order valence-electron chi connectivity index (χ0n) is 7.75. The van der Waals surface area contributed by atoms with Crippen LogP contribution in [0.25, 0.3) is 0 Å². The summed E-state index contributed by atoms with van der Waals surface area (Å²) in [7, 11) is 0. The van der Waals surface area contributed by atoms with Crippen LogP contribution < -0.4 is 0 Å². The van der Waals surface area contributed by atoms with Gasteiger partial charge in [0.05, 0.1) is 6.10 Å². The Balaban J connectivity index is 3.09. The van der Waals surface area contributed by atoms with E-state index in [9.17, 15) is 9.50 Å². The van der Waals surface area contributed by atoms with Gasteiger partial charge in [0.2, 0.25) is 0 Å². The fraction of sp³-hybridized carbons (Fsp3) is 0.400. The minimum absolute atomic E-state index is 0.245. The molecule has 1 N–H and O–H groups in total. The fourth-order valence-corrected chi connectivity index (χ4v) is 2.05. The molecule has 0 radical (unpaired) electrons. The van der Waals surface area contributed by atoms with Gasteiger partial charge in [-0.05, 0) is 24.3 Å². The van der Waals surface area contributed by atoms with Gasteiger partial charge in [-0.3, -0.25) is 0 Å². The Morgan fingerprint density at radius 2 is 2.23 bits per heavy atom. The molecule has 0 fully saturated rings. The molecule has 0 unspecified atom stereocenters. The van der Waals surface area contributed by atoms with Gasteiger partial charge in [-0.2, -0.15) is 0 Å². The van der Waals surface area contributed by atoms with Gasteiger partial charge in [-0.1, -0.05) is 19.1 Å². The van der Waals surface area contributed by atoms with E-state index < -0.39 is 6.10 Å². The predicted octanol–water partition coefficient (Wildman–Crippen LogP) is 2.99. The molecule has 1 atom stereocenters. The van der Waals surface area contributed by atoms with Crippen LogP contribution in [-0.2, 0) is 0 Å². The van der Waals surface area contributed by atoms with Crippen molar-refractivity contribution in [2.75, 3.05) is 5.75 Å². The van der Waals surface area contributed by atoms with E-state index in [-0.39, 0.29) is 5.82 Å². The molecule has 0 saturated heterocycles. The number of rotatable bonds is 3. The molecule has 0 spiro atoms. The lowest BCUT2D eigenvalue weighted by atomic mass is 10.1. The highest BCUT2D eigenvalue weighted by Gasteiger charge is 2.11. The number of thioether (sulfide) groups is 1. The van der Waals surface area contributed by atoms with Crippen LogP contribution in [0.5, 0.6) is 0 Å². The van der Waals surface area contributed by atoms with Gasteiger partial charge in [-0.25, -0.2) is 4.39 Å². The van der Waals surface area contributed by atoms with E-state index in [0.29, 0.717) is 10.5 Å². The second-order valence-corrected chi connectivity index (χ2v) is 4.04. The fourth-order valence-electron chi connectivity index (χ4n) is 1.15. The molecule has 0 saturated carbocycles. The summed E-state index contributed by atoms with van der Waals surface area (Å²) in [6.07, 6.45) is -0.607. The van der Waals surface area contributed by atoms with Gasteiger partial charge in [-0.15, -0.1) is 11.8 Å². The van der Waals surface area contributed by atoms with Crippen molar-refractivity contribution < 1.29 is 9.50 Å². The molecule has 72 valence electrons. The number of aliphatic hydroxyl groups is 1. The van der Waals surface area contributed by atoms with Crippen LogP contribution in [0.1, 0.15) is 25.5 Å². The Morgan fingerprint density at radius 3 is 2.77 bits per heavy atom. The first-order valence-corrected chi connectivity index (χ1v) is 5.24. The highest BCUT2D eigenvalue weighted by Crippen LogP contribution is 2.29. The maximum Gasteiger partial charge on any atom is 0.137 e. The lowest BCUT2D eigenvalue weighted by Gasteiger charge is -2.11. The average molecular weight is 200 g/mol. The smallest absolute Gasteiger partial charge is 0.137 e. The van der Waals surface area contributed by atoms with Gasteiger partial charge in [0.1, 0.15) is 5.82 Å². The Labute approximate surface area is 82.0 Å². The third kappa shape index (κ3) is 2.45. The average Bonchev–Trinajstić information content (AvgIpc) is 2.08. The molecule has 1 aromatic carbocycles. The first kappa shape index (κ1) is 10.5. The molecule has 1 rings (SSSR count). The van der Waals surface area contributed by atoms with Gasteiger partial charge < -0.3 is 5.11 Å². The molecule has 1 aromatic rings. The standard InChI is InChI=1S/C10H13FOS/c1-3-13-10-8(7(2)12)5-4-6-9(10)11/h4-7,12H,3H2,1-2H3/t7-/m0/s1. The van der Waals surface area contributed by atoms with Crippen molar-refractivity contribution in [2.24, 2.45) is 0 Å². The monoisotopic (exact) mass is 200 g/mol. The minimum atomic E-state index is -0.607. The van der Waals surface area contributed by atoms with Gasteiger partial charge in [0.15, 0.2) is 0 Å². The molecule has 0 aliphatic heterocycles. The summed E-state index contributed by atoms with van der Waals surface area (Å²) in [5, 5.41) is 9.38. The van der Waals surface area contributed by atoms with Crippen molar-refractivity contribution in [2.45, 2.75) is 24.8 Å². The van der Waals surface area contributed by atoms with Crippen LogP contribution in [0.2, 0.25) is 0 Å². The summed E-state index contributed by atoms with van der Waals surface area (Å²) >= 11 is 1.42. The molecule has 13 heavy (non-hydrogen) atoms. The van der Waals surface area contributed by atoms with Crippen molar-refractivity contribution in [3.63, 3.8) is 0 Å². The quantitative estimate of drug-likeness (QED) is 0.757. The predicted molar refractivity (Wildman–Crippen MR) is 53.4 cm³/mol. The zero-order chi connectivity index (χ0) is 9.84. The Bertz CT molecular complexity index is 286. The van der Waals surface area contributed by atoms with Crippen LogP contribution in [0.15, 0.2) is 23.1 Å². The summed E-state index contributed by atoms with van der Waals surface area (Å²) in [5.74, 6) is 0.561. The largest absolute Gasteiger partial charge is 0.389 e.